The molecule has 0 fully saturated rings. The van der Waals surface area contributed by atoms with Gasteiger partial charge in [0, 0.05) is 49.7 Å². The lowest BCUT2D eigenvalue weighted by atomic mass is 10.5. The van der Waals surface area contributed by atoms with Gasteiger partial charge in [-0.05, 0) is 6.42 Å². The third-order valence-electron chi connectivity index (χ3n) is 2.55. The van der Waals surface area contributed by atoms with Gasteiger partial charge >= 0.3 is 7.67 Å². The van der Waals surface area contributed by atoms with Gasteiger partial charge in [-0.2, -0.15) is 0 Å². The van der Waals surface area contributed by atoms with Crippen molar-refractivity contribution >= 4 is 54.1 Å². The van der Waals surface area contributed by atoms with Crippen molar-refractivity contribution in [1.29, 1.82) is 0 Å². The summed E-state index contributed by atoms with van der Waals surface area (Å²) >= 11 is 23.2. The van der Waals surface area contributed by atoms with Crippen LogP contribution in [0.1, 0.15) is 13.3 Å². The Kier molecular flexibility index (Phi) is 13.6. The van der Waals surface area contributed by atoms with E-state index in [1.54, 1.807) is 9.34 Å². The molecule has 0 aromatic rings. The average Bonchev–Trinajstić information content (AvgIpc) is 2.44. The lowest BCUT2D eigenvalue weighted by Gasteiger charge is -2.37. The summed E-state index contributed by atoms with van der Waals surface area (Å²) in [5.41, 5.74) is 0. The second kappa shape index (κ2) is 12.8. The average molecular weight is 388 g/mol. The van der Waals surface area contributed by atoms with E-state index in [1.165, 1.54) is 0 Å². The first-order valence-electron chi connectivity index (χ1n) is 6.59. The largest absolute Gasteiger partial charge is 0.346 e. The summed E-state index contributed by atoms with van der Waals surface area (Å²) in [6.07, 6.45) is 0.773. The Balaban J connectivity index is 5.22. The summed E-state index contributed by atoms with van der Waals surface area (Å²) in [5, 5.41) is 0. The highest BCUT2D eigenvalue weighted by Crippen LogP contribution is 2.54. The van der Waals surface area contributed by atoms with Crippen LogP contribution in [0.25, 0.3) is 0 Å². The highest BCUT2D eigenvalue weighted by molar-refractivity contribution is 7.54. The summed E-state index contributed by atoms with van der Waals surface area (Å²) in [5.74, 6) is 1.41. The topological polar surface area (TPSA) is 32.8 Å². The van der Waals surface area contributed by atoms with Crippen LogP contribution in [0.4, 0.5) is 0 Å². The van der Waals surface area contributed by atoms with Crippen LogP contribution in [0.5, 0.6) is 0 Å². The summed E-state index contributed by atoms with van der Waals surface area (Å²) in [6.45, 7) is 4.13. The van der Waals surface area contributed by atoms with Gasteiger partial charge in [-0.3, -0.25) is 4.57 Å². The minimum Gasteiger partial charge on any atom is -0.306 e. The van der Waals surface area contributed by atoms with Crippen LogP contribution in [-0.2, 0) is 9.09 Å². The number of hydrogen-bond donors (Lipinski definition) is 0. The van der Waals surface area contributed by atoms with Crippen LogP contribution < -0.4 is 0 Å². The van der Waals surface area contributed by atoms with Crippen molar-refractivity contribution in [3.8, 4) is 0 Å². The molecule has 0 aliphatic carbocycles. The van der Waals surface area contributed by atoms with Crippen LogP contribution in [0.3, 0.4) is 0 Å². The van der Waals surface area contributed by atoms with Gasteiger partial charge in [0.1, 0.15) is 0 Å². The zero-order valence-electron chi connectivity index (χ0n) is 11.7. The molecule has 0 amide bonds. The molecule has 0 atom stereocenters. The third-order valence-corrected chi connectivity index (χ3v) is 5.97. The van der Waals surface area contributed by atoms with Gasteiger partial charge in [-0.15, -0.1) is 46.4 Å². The molecule has 122 valence electrons. The zero-order valence-corrected chi connectivity index (χ0v) is 15.7. The molecule has 0 spiro atoms. The van der Waals surface area contributed by atoms with Gasteiger partial charge < -0.3 is 4.52 Å². The second-order valence-electron chi connectivity index (χ2n) is 3.99. The molecule has 4 nitrogen and oxygen atoms in total. The molecular weight excluding hydrogens is 365 g/mol. The third kappa shape index (κ3) is 7.02. The van der Waals surface area contributed by atoms with Crippen LogP contribution in [0, 0.1) is 0 Å². The molecule has 0 aromatic heterocycles. The van der Waals surface area contributed by atoms with E-state index >= 15 is 0 Å². The highest BCUT2D eigenvalue weighted by Gasteiger charge is 2.37. The predicted molar refractivity (Wildman–Crippen MR) is 89.9 cm³/mol. The maximum atomic E-state index is 13.3. The maximum absolute atomic E-state index is 13.3. The number of halogens is 4. The van der Waals surface area contributed by atoms with Crippen LogP contribution in [0.2, 0.25) is 0 Å². The Morgan fingerprint density at radius 3 is 1.45 bits per heavy atom. The van der Waals surface area contributed by atoms with E-state index in [2.05, 4.69) is 0 Å². The monoisotopic (exact) mass is 386 g/mol. The minimum absolute atomic E-state index is 0.353. The van der Waals surface area contributed by atoms with E-state index in [-0.39, 0.29) is 0 Å². The van der Waals surface area contributed by atoms with E-state index in [0.717, 1.165) is 6.42 Å². The van der Waals surface area contributed by atoms with Gasteiger partial charge in [-0.1, -0.05) is 6.92 Å². The van der Waals surface area contributed by atoms with Crippen molar-refractivity contribution in [2.24, 2.45) is 0 Å². The first kappa shape index (κ1) is 21.3. The lowest BCUT2D eigenvalue weighted by Crippen LogP contribution is -2.37. The highest BCUT2D eigenvalue weighted by atomic mass is 35.5. The molecular formula is C11H23Cl4N2O2P. The lowest BCUT2D eigenvalue weighted by molar-refractivity contribution is 0.216. The van der Waals surface area contributed by atoms with E-state index in [1.807, 2.05) is 6.92 Å². The quantitative estimate of drug-likeness (QED) is 0.352. The van der Waals surface area contributed by atoms with Gasteiger partial charge in [0.25, 0.3) is 0 Å². The van der Waals surface area contributed by atoms with Crippen LogP contribution >= 0.6 is 54.1 Å². The Labute approximate surface area is 142 Å². The van der Waals surface area contributed by atoms with Crippen molar-refractivity contribution in [2.75, 3.05) is 56.3 Å². The Morgan fingerprint density at radius 1 is 0.850 bits per heavy atom. The Morgan fingerprint density at radius 2 is 1.20 bits per heavy atom. The molecule has 0 aromatic carbocycles. The molecule has 0 unspecified atom stereocenters. The van der Waals surface area contributed by atoms with E-state index in [4.69, 9.17) is 50.9 Å². The summed E-state index contributed by atoms with van der Waals surface area (Å²) in [7, 11) is -3.19. The van der Waals surface area contributed by atoms with Crippen LogP contribution in [0.15, 0.2) is 0 Å². The first-order chi connectivity index (χ1) is 9.60. The summed E-state index contributed by atoms with van der Waals surface area (Å²) < 4.78 is 22.4. The number of hydrogen-bond acceptors (Lipinski definition) is 2. The fourth-order valence-electron chi connectivity index (χ4n) is 1.67. The molecule has 9 heteroatoms. The molecule has 0 heterocycles. The molecule has 0 saturated carbocycles. The fourth-order valence-corrected chi connectivity index (χ4v) is 5.48. The van der Waals surface area contributed by atoms with Gasteiger partial charge in [0.05, 0.1) is 6.61 Å². The molecule has 20 heavy (non-hydrogen) atoms. The van der Waals surface area contributed by atoms with Crippen molar-refractivity contribution in [3.05, 3.63) is 0 Å². The maximum Gasteiger partial charge on any atom is 0.346 e. The van der Waals surface area contributed by atoms with Gasteiger partial charge in [0.2, 0.25) is 0 Å². The smallest absolute Gasteiger partial charge is 0.306 e. The fraction of sp³-hybridized carbons (Fsp3) is 1.00. The molecule has 0 rings (SSSR count). The zero-order chi connectivity index (χ0) is 15.4. The standard InChI is InChI=1S/C11H23Cl4N2O2P/c1-2-11-19-20(18,16(7-3-12)8-4-13)17(9-5-14)10-6-15/h2-11H2,1H3. The SMILES string of the molecule is CCCOP(=O)(N(CCCl)CCCl)N(CCCl)CCCl. The minimum atomic E-state index is -3.19. The van der Waals surface area contributed by atoms with Gasteiger partial charge in [-0.25, -0.2) is 9.34 Å². The Hall–Kier alpha value is 1.27. The predicted octanol–water partition coefficient (Wildman–Crippen LogP) is 4.08. The molecule has 0 aliphatic rings. The number of alkyl halides is 4. The van der Waals surface area contributed by atoms with E-state index in [9.17, 15) is 4.57 Å². The normalized spacial score (nSPS) is 12.6. The number of rotatable bonds is 13. The molecule has 0 bridgehead atoms. The molecule has 0 saturated heterocycles. The molecule has 0 aliphatic heterocycles. The van der Waals surface area contributed by atoms with Crippen molar-refractivity contribution < 1.29 is 9.09 Å². The van der Waals surface area contributed by atoms with Crippen molar-refractivity contribution in [2.45, 2.75) is 13.3 Å². The number of nitrogens with zero attached hydrogens (tertiary/aromatic N) is 2. The van der Waals surface area contributed by atoms with Crippen molar-refractivity contribution in [3.63, 3.8) is 0 Å². The van der Waals surface area contributed by atoms with E-state index < -0.39 is 7.67 Å². The summed E-state index contributed by atoms with van der Waals surface area (Å²) in [6, 6.07) is 0. The van der Waals surface area contributed by atoms with Crippen molar-refractivity contribution in [1.82, 2.24) is 9.34 Å². The molecule has 0 radical (unpaired) electrons. The second-order valence-corrected chi connectivity index (χ2v) is 7.87. The van der Waals surface area contributed by atoms with E-state index in [0.29, 0.717) is 56.3 Å². The Bertz CT molecular complexity index is 255. The summed E-state index contributed by atoms with van der Waals surface area (Å²) in [4.78, 5) is 0. The first-order valence-corrected chi connectivity index (χ1v) is 10.3. The molecule has 0 N–H and O–H groups in total. The van der Waals surface area contributed by atoms with Crippen LogP contribution in [-0.4, -0.2) is 65.6 Å². The van der Waals surface area contributed by atoms with Gasteiger partial charge in [0.15, 0.2) is 0 Å².